The average Bonchev–Trinajstić information content (AvgIpc) is 3.45. The number of halogens is 1. The van der Waals surface area contributed by atoms with Crippen LogP contribution in [-0.2, 0) is 0 Å². The summed E-state index contributed by atoms with van der Waals surface area (Å²) in [7, 11) is 3.35. The maximum atomic E-state index is 9.22. The fraction of sp³-hybridized carbons (Fsp3) is 0.267. The van der Waals surface area contributed by atoms with Crippen molar-refractivity contribution in [2.45, 2.75) is 82.4 Å². The Morgan fingerprint density at radius 1 is 0.472 bits per heavy atom. The fourth-order valence-corrected chi connectivity index (χ4v) is 13.8. The van der Waals surface area contributed by atoms with Crippen LogP contribution in [0.2, 0.25) is 0 Å². The Bertz CT molecular complexity index is 2830. The first-order chi connectivity index (χ1) is 35.3. The number of hydrogen-bond acceptors (Lipinski definition) is 9. The molecule has 10 rings (SSSR count). The number of aromatic nitrogens is 4. The molecule has 2 aromatic heterocycles. The number of hydrogen-bond donors (Lipinski definition) is 2. The van der Waals surface area contributed by atoms with E-state index in [1.165, 1.54) is 99.1 Å². The first-order valence-electron chi connectivity index (χ1n) is 24.8. The van der Waals surface area contributed by atoms with Gasteiger partial charge in [-0.2, -0.15) is 0 Å². The molecule has 0 unspecified atom stereocenters. The number of rotatable bonds is 11. The van der Waals surface area contributed by atoms with Crippen molar-refractivity contribution in [2.75, 3.05) is 21.3 Å². The largest absolute Gasteiger partial charge is 0.496 e. The number of ether oxygens (including phenoxy) is 3. The van der Waals surface area contributed by atoms with Crippen molar-refractivity contribution in [3.05, 3.63) is 186 Å². The van der Waals surface area contributed by atoms with Crippen LogP contribution in [0.5, 0.6) is 17.8 Å². The van der Waals surface area contributed by atoms with Crippen LogP contribution in [0.1, 0.15) is 69.8 Å². The maximum Gasteiger partial charge on any atom is 0.489 e. The lowest BCUT2D eigenvalue weighted by atomic mass is 9.75. The average molecular weight is 1040 g/mol. The molecule has 0 atom stereocenters. The van der Waals surface area contributed by atoms with Gasteiger partial charge in [0.1, 0.15) is 5.75 Å². The molecule has 2 heterocycles. The normalized spacial score (nSPS) is 13.5. The fourth-order valence-electron chi connectivity index (χ4n) is 9.65. The summed E-state index contributed by atoms with van der Waals surface area (Å²) in [6, 6.07) is 52.1. The summed E-state index contributed by atoms with van der Waals surface area (Å²) in [5.41, 5.74) is 12.7. The highest BCUT2D eigenvalue weighted by Gasteiger charge is 2.34. The van der Waals surface area contributed by atoms with Gasteiger partial charge in [0.05, 0.1) is 25.8 Å². The molecule has 72 heavy (non-hydrogen) atoms. The summed E-state index contributed by atoms with van der Waals surface area (Å²) in [5.74, 6) is 1.02. The van der Waals surface area contributed by atoms with Gasteiger partial charge in [-0.05, 0) is 116 Å². The standard InChI is InChI=1S/C26H35OP.C17H14N2O.C12H11BO2.C5H5BrN2O/c1-20-12-11-18-24(27-2)26(20)23-17-9-10-19-25(23)28(21-13-5-3-6-14-21)22-15-7-4-8-16-22;1-20-17-18-11-14(12-19-17)16-10-6-5-9-15(16)13-7-3-2-4-8-13;14-13(15)12-9-5-4-8-11(12)10-6-2-1-3-7-10;1-9-5-7-2-4(6)3-8-5/h9-12,17-19,21-22H,3-8,13-16H2,1-2H3;2-12H,1H3;1-9,14-15H;2-3H,1H3. The Hall–Kier alpha value is -6.23. The highest BCUT2D eigenvalue weighted by molar-refractivity contribution is 9.10. The summed E-state index contributed by atoms with van der Waals surface area (Å²) < 4.78 is 16.4. The molecular weight excluding hydrogens is 978 g/mol. The SMILES string of the molecule is COc1cccc(C)c1-c1ccccc1P(C1CCCCC1)C1CCCCC1.COc1ncc(-c2ccccc2-c2ccccc2)cn1.COc1ncc(Br)cn1.OB(O)c1ccccc1-c1ccccc1. The molecule has 370 valence electrons. The Morgan fingerprint density at radius 3 is 1.43 bits per heavy atom. The van der Waals surface area contributed by atoms with E-state index in [4.69, 9.17) is 14.2 Å². The first kappa shape index (κ1) is 53.6. The second-order valence-electron chi connectivity index (χ2n) is 17.7. The molecule has 12 heteroatoms. The summed E-state index contributed by atoms with van der Waals surface area (Å²) in [4.78, 5) is 16.0. The molecule has 0 spiro atoms. The van der Waals surface area contributed by atoms with Crippen molar-refractivity contribution < 1.29 is 24.3 Å². The lowest BCUT2D eigenvalue weighted by Crippen LogP contribution is -2.31. The highest BCUT2D eigenvalue weighted by Crippen LogP contribution is 2.56. The zero-order valence-corrected chi connectivity index (χ0v) is 44.3. The topological polar surface area (TPSA) is 120 Å². The molecule has 0 saturated heterocycles. The van der Waals surface area contributed by atoms with Crippen LogP contribution < -0.4 is 25.0 Å². The van der Waals surface area contributed by atoms with Crippen molar-refractivity contribution in [2.24, 2.45) is 0 Å². The molecule has 9 nitrogen and oxygen atoms in total. The predicted octanol–water partition coefficient (Wildman–Crippen LogP) is 13.5. The van der Waals surface area contributed by atoms with Crippen LogP contribution in [0.15, 0.2) is 181 Å². The van der Waals surface area contributed by atoms with Crippen molar-refractivity contribution >= 4 is 41.7 Å². The van der Waals surface area contributed by atoms with Crippen LogP contribution in [0, 0.1) is 6.92 Å². The van der Waals surface area contributed by atoms with Gasteiger partial charge in [-0.1, -0.05) is 192 Å². The van der Waals surface area contributed by atoms with Gasteiger partial charge in [-0.15, -0.1) is 0 Å². The van der Waals surface area contributed by atoms with E-state index in [2.05, 4.69) is 110 Å². The second kappa shape index (κ2) is 28.1. The Balaban J connectivity index is 0.000000151. The van der Waals surface area contributed by atoms with Gasteiger partial charge >= 0.3 is 19.1 Å². The van der Waals surface area contributed by atoms with Crippen LogP contribution >= 0.6 is 23.9 Å². The molecule has 2 N–H and O–H groups in total. The van der Waals surface area contributed by atoms with E-state index in [0.29, 0.717) is 17.5 Å². The third-order valence-corrected chi connectivity index (χ3v) is 17.0. The van der Waals surface area contributed by atoms with Crippen molar-refractivity contribution in [3.8, 4) is 62.3 Å². The minimum atomic E-state index is -1.43. The monoisotopic (exact) mass is 1040 g/mol. The summed E-state index contributed by atoms with van der Waals surface area (Å²) in [6.45, 7) is 2.23. The molecule has 2 aliphatic carbocycles. The zero-order valence-electron chi connectivity index (χ0n) is 41.8. The summed E-state index contributed by atoms with van der Waals surface area (Å²) in [5, 5.41) is 20.1. The highest BCUT2D eigenvalue weighted by atomic mass is 79.9. The molecule has 0 bridgehead atoms. The molecule has 0 radical (unpaired) electrons. The third kappa shape index (κ3) is 14.7. The van der Waals surface area contributed by atoms with E-state index in [1.807, 2.05) is 79.9 Å². The number of aryl methyl sites for hydroxylation is 1. The Kier molecular flexibility index (Phi) is 20.9. The molecule has 0 amide bonds. The summed E-state index contributed by atoms with van der Waals surface area (Å²) in [6.07, 6.45) is 21.2. The number of methoxy groups -OCH3 is 3. The third-order valence-electron chi connectivity index (χ3n) is 13.1. The first-order valence-corrected chi connectivity index (χ1v) is 27.1. The lowest BCUT2D eigenvalue weighted by molar-refractivity contribution is 0.379. The molecule has 0 aliphatic heterocycles. The predicted molar refractivity (Wildman–Crippen MR) is 301 cm³/mol. The smallest absolute Gasteiger partial charge is 0.489 e. The number of benzene rings is 6. The lowest BCUT2D eigenvalue weighted by Gasteiger charge is -2.39. The van der Waals surface area contributed by atoms with Crippen LogP contribution in [-0.4, -0.2) is 69.7 Å². The molecule has 2 fully saturated rings. The van der Waals surface area contributed by atoms with Gasteiger partial charge in [-0.25, -0.2) is 19.9 Å². The minimum absolute atomic E-state index is 0.122. The van der Waals surface area contributed by atoms with Crippen molar-refractivity contribution in [3.63, 3.8) is 0 Å². The molecule has 6 aromatic carbocycles. The van der Waals surface area contributed by atoms with Crippen molar-refractivity contribution in [1.82, 2.24) is 19.9 Å². The minimum Gasteiger partial charge on any atom is -0.496 e. The van der Waals surface area contributed by atoms with Crippen LogP contribution in [0.4, 0.5) is 0 Å². The van der Waals surface area contributed by atoms with E-state index in [1.54, 1.807) is 49.3 Å². The molecule has 2 saturated carbocycles. The second-order valence-corrected chi connectivity index (χ2v) is 21.4. The Morgan fingerprint density at radius 2 is 0.917 bits per heavy atom. The molecule has 2 aliphatic rings. The molecule has 8 aromatic rings. The van der Waals surface area contributed by atoms with Crippen molar-refractivity contribution in [1.29, 1.82) is 0 Å². The van der Waals surface area contributed by atoms with Crippen LogP contribution in [0.25, 0.3) is 44.5 Å². The maximum absolute atomic E-state index is 9.22. The van der Waals surface area contributed by atoms with Gasteiger partial charge in [0.25, 0.3) is 0 Å². The van der Waals surface area contributed by atoms with Crippen LogP contribution in [0.3, 0.4) is 0 Å². The van der Waals surface area contributed by atoms with Gasteiger partial charge in [-0.3, -0.25) is 0 Å². The summed E-state index contributed by atoms with van der Waals surface area (Å²) >= 11 is 3.19. The molecular formula is C60H65BBrN4O5P. The Labute approximate surface area is 436 Å². The zero-order chi connectivity index (χ0) is 50.5. The van der Waals surface area contributed by atoms with Gasteiger partial charge < -0.3 is 24.3 Å². The van der Waals surface area contributed by atoms with E-state index >= 15 is 0 Å². The van der Waals surface area contributed by atoms with E-state index in [0.717, 1.165) is 43.8 Å². The van der Waals surface area contributed by atoms with E-state index < -0.39 is 7.12 Å². The quantitative estimate of drug-likeness (QED) is 0.0964. The number of nitrogens with zero attached hydrogens (tertiary/aromatic N) is 4. The van der Waals surface area contributed by atoms with E-state index in [-0.39, 0.29) is 7.92 Å². The van der Waals surface area contributed by atoms with Gasteiger partial charge in [0, 0.05) is 35.9 Å². The van der Waals surface area contributed by atoms with E-state index in [9.17, 15) is 10.0 Å². The van der Waals surface area contributed by atoms with Gasteiger partial charge in [0.15, 0.2) is 0 Å². The van der Waals surface area contributed by atoms with Gasteiger partial charge in [0.2, 0.25) is 0 Å².